The van der Waals surface area contributed by atoms with Crippen molar-refractivity contribution in [3.63, 3.8) is 0 Å². The molecule has 102 valence electrons. The van der Waals surface area contributed by atoms with Crippen LogP contribution in [-0.2, 0) is 4.79 Å². The molecule has 0 aliphatic rings. The zero-order valence-electron chi connectivity index (χ0n) is 11.1. The van der Waals surface area contributed by atoms with Gasteiger partial charge in [-0.05, 0) is 11.6 Å². The molecule has 2 rings (SSSR count). The van der Waals surface area contributed by atoms with E-state index in [1.807, 2.05) is 54.6 Å². The summed E-state index contributed by atoms with van der Waals surface area (Å²) in [5.41, 5.74) is 2.22. The first kappa shape index (κ1) is 13.9. The number of para-hydroxylation sites is 1. The first-order chi connectivity index (χ1) is 9.68. The highest BCUT2D eigenvalue weighted by atomic mass is 16.5. The second kappa shape index (κ2) is 6.57. The van der Waals surface area contributed by atoms with Crippen LogP contribution in [0.1, 0.15) is 6.42 Å². The van der Waals surface area contributed by atoms with Gasteiger partial charge in [-0.15, -0.1) is 0 Å². The fourth-order valence-corrected chi connectivity index (χ4v) is 1.84. The fourth-order valence-electron chi connectivity index (χ4n) is 1.84. The maximum absolute atomic E-state index is 10.7. The second-order valence-electron chi connectivity index (χ2n) is 4.37. The summed E-state index contributed by atoms with van der Waals surface area (Å²) in [5.74, 6) is -0.234. The Hall–Kier alpha value is -2.55. The molecular formula is C17H16O3. The Morgan fingerprint density at radius 3 is 2.40 bits per heavy atom. The highest BCUT2D eigenvalue weighted by Gasteiger charge is 2.07. The lowest BCUT2D eigenvalue weighted by Crippen LogP contribution is -2.05. The number of ether oxygens (including phenoxy) is 1. The SMILES string of the molecule is C=C(CCOc1ccccc1-c1ccccc1)C(=O)O. The first-order valence-electron chi connectivity index (χ1n) is 6.37. The molecule has 2 aromatic carbocycles. The number of rotatable bonds is 6. The molecular weight excluding hydrogens is 252 g/mol. The third-order valence-corrected chi connectivity index (χ3v) is 2.94. The molecule has 0 heterocycles. The molecule has 0 fully saturated rings. The van der Waals surface area contributed by atoms with Crippen molar-refractivity contribution in [3.8, 4) is 16.9 Å². The Balaban J connectivity index is 2.09. The van der Waals surface area contributed by atoms with Gasteiger partial charge in [0.2, 0.25) is 0 Å². The van der Waals surface area contributed by atoms with Crippen molar-refractivity contribution in [1.29, 1.82) is 0 Å². The van der Waals surface area contributed by atoms with Crippen LogP contribution in [0.15, 0.2) is 66.7 Å². The average Bonchev–Trinajstić information content (AvgIpc) is 2.48. The van der Waals surface area contributed by atoms with Crippen molar-refractivity contribution in [2.75, 3.05) is 6.61 Å². The van der Waals surface area contributed by atoms with E-state index in [2.05, 4.69) is 6.58 Å². The van der Waals surface area contributed by atoms with Gasteiger partial charge in [0.05, 0.1) is 6.61 Å². The van der Waals surface area contributed by atoms with Crippen LogP contribution in [0.5, 0.6) is 5.75 Å². The van der Waals surface area contributed by atoms with E-state index in [0.717, 1.165) is 16.9 Å². The van der Waals surface area contributed by atoms with Crippen molar-refractivity contribution in [3.05, 3.63) is 66.7 Å². The van der Waals surface area contributed by atoms with E-state index in [0.29, 0.717) is 13.0 Å². The van der Waals surface area contributed by atoms with Crippen LogP contribution in [0.25, 0.3) is 11.1 Å². The van der Waals surface area contributed by atoms with E-state index in [9.17, 15) is 4.79 Å². The molecule has 0 radical (unpaired) electrons. The van der Waals surface area contributed by atoms with Crippen LogP contribution in [0, 0.1) is 0 Å². The highest BCUT2D eigenvalue weighted by molar-refractivity contribution is 5.85. The molecule has 0 aliphatic heterocycles. The number of carboxylic acid groups (broad SMARTS) is 1. The van der Waals surface area contributed by atoms with Gasteiger partial charge in [-0.25, -0.2) is 4.79 Å². The van der Waals surface area contributed by atoms with Crippen molar-refractivity contribution in [2.24, 2.45) is 0 Å². The van der Waals surface area contributed by atoms with Crippen molar-refractivity contribution < 1.29 is 14.6 Å². The molecule has 3 nitrogen and oxygen atoms in total. The van der Waals surface area contributed by atoms with Gasteiger partial charge >= 0.3 is 5.97 Å². The Labute approximate surface area is 118 Å². The van der Waals surface area contributed by atoms with Crippen molar-refractivity contribution in [2.45, 2.75) is 6.42 Å². The predicted molar refractivity (Wildman–Crippen MR) is 78.8 cm³/mol. The number of aliphatic carboxylic acids is 1. The molecule has 2 aromatic rings. The van der Waals surface area contributed by atoms with Gasteiger partial charge < -0.3 is 9.84 Å². The van der Waals surface area contributed by atoms with Gasteiger partial charge in [-0.3, -0.25) is 0 Å². The number of hydrogen-bond donors (Lipinski definition) is 1. The summed E-state index contributed by atoms with van der Waals surface area (Å²) in [5, 5.41) is 8.76. The maximum atomic E-state index is 10.7. The molecule has 0 amide bonds. The van der Waals surface area contributed by atoms with E-state index in [1.165, 1.54) is 0 Å². The molecule has 0 bridgehead atoms. The Bertz CT molecular complexity index is 603. The van der Waals surface area contributed by atoms with Gasteiger partial charge in [0, 0.05) is 17.6 Å². The standard InChI is InChI=1S/C17H16O3/c1-13(17(18)19)11-12-20-16-10-6-5-9-15(16)14-7-3-2-4-8-14/h2-10H,1,11-12H2,(H,18,19). The van der Waals surface area contributed by atoms with Crippen LogP contribution < -0.4 is 4.74 Å². The quantitative estimate of drug-likeness (QED) is 0.811. The van der Waals surface area contributed by atoms with Crippen molar-refractivity contribution >= 4 is 5.97 Å². The fraction of sp³-hybridized carbons (Fsp3) is 0.118. The highest BCUT2D eigenvalue weighted by Crippen LogP contribution is 2.29. The summed E-state index contributed by atoms with van der Waals surface area (Å²) in [6, 6.07) is 17.6. The summed E-state index contributed by atoms with van der Waals surface area (Å²) in [6.45, 7) is 3.79. The van der Waals surface area contributed by atoms with Crippen LogP contribution >= 0.6 is 0 Å². The summed E-state index contributed by atoms with van der Waals surface area (Å²) < 4.78 is 5.69. The summed E-state index contributed by atoms with van der Waals surface area (Å²) in [4.78, 5) is 10.7. The van der Waals surface area contributed by atoms with Crippen LogP contribution in [0.4, 0.5) is 0 Å². The number of carboxylic acids is 1. The normalized spacial score (nSPS) is 10.0. The molecule has 0 atom stereocenters. The molecule has 0 aromatic heterocycles. The molecule has 0 spiro atoms. The minimum atomic E-state index is -0.982. The van der Waals surface area contributed by atoms with E-state index >= 15 is 0 Å². The maximum Gasteiger partial charge on any atom is 0.331 e. The monoisotopic (exact) mass is 268 g/mol. The van der Waals surface area contributed by atoms with Gasteiger partial charge in [-0.1, -0.05) is 55.1 Å². The summed E-state index contributed by atoms with van der Waals surface area (Å²) >= 11 is 0. The van der Waals surface area contributed by atoms with E-state index in [1.54, 1.807) is 0 Å². The smallest absolute Gasteiger partial charge is 0.331 e. The lowest BCUT2D eigenvalue weighted by molar-refractivity contribution is -0.132. The van der Waals surface area contributed by atoms with Gasteiger partial charge in [0.15, 0.2) is 0 Å². The lowest BCUT2D eigenvalue weighted by Gasteiger charge is -2.11. The Morgan fingerprint density at radius 2 is 1.70 bits per heavy atom. The molecule has 0 saturated carbocycles. The summed E-state index contributed by atoms with van der Waals surface area (Å²) in [6.07, 6.45) is 0.304. The largest absolute Gasteiger partial charge is 0.493 e. The minimum Gasteiger partial charge on any atom is -0.493 e. The zero-order chi connectivity index (χ0) is 14.4. The first-order valence-corrected chi connectivity index (χ1v) is 6.37. The van der Waals surface area contributed by atoms with Crippen LogP contribution in [-0.4, -0.2) is 17.7 Å². The third-order valence-electron chi connectivity index (χ3n) is 2.94. The number of hydrogen-bond acceptors (Lipinski definition) is 2. The molecule has 0 aliphatic carbocycles. The van der Waals surface area contributed by atoms with Gasteiger partial charge in [-0.2, -0.15) is 0 Å². The van der Waals surface area contributed by atoms with Crippen LogP contribution in [0.3, 0.4) is 0 Å². The molecule has 1 N–H and O–H groups in total. The molecule has 3 heteroatoms. The van der Waals surface area contributed by atoms with Gasteiger partial charge in [0.1, 0.15) is 5.75 Å². The number of benzene rings is 2. The number of carbonyl (C=O) groups is 1. The lowest BCUT2D eigenvalue weighted by atomic mass is 10.1. The van der Waals surface area contributed by atoms with Crippen LogP contribution in [0.2, 0.25) is 0 Å². The minimum absolute atomic E-state index is 0.155. The Morgan fingerprint density at radius 1 is 1.05 bits per heavy atom. The zero-order valence-corrected chi connectivity index (χ0v) is 11.1. The third kappa shape index (κ3) is 3.48. The second-order valence-corrected chi connectivity index (χ2v) is 4.37. The molecule has 0 unspecified atom stereocenters. The molecule has 0 saturated heterocycles. The predicted octanol–water partition coefficient (Wildman–Crippen LogP) is 3.76. The molecule has 20 heavy (non-hydrogen) atoms. The van der Waals surface area contributed by atoms with Gasteiger partial charge in [0.25, 0.3) is 0 Å². The Kier molecular flexibility index (Phi) is 4.56. The summed E-state index contributed by atoms with van der Waals surface area (Å²) in [7, 11) is 0. The van der Waals surface area contributed by atoms with E-state index < -0.39 is 5.97 Å². The van der Waals surface area contributed by atoms with Crippen molar-refractivity contribution in [1.82, 2.24) is 0 Å². The van der Waals surface area contributed by atoms with E-state index in [-0.39, 0.29) is 5.57 Å². The average molecular weight is 268 g/mol. The van der Waals surface area contributed by atoms with E-state index in [4.69, 9.17) is 9.84 Å². The topological polar surface area (TPSA) is 46.5 Å².